The fourth-order valence-electron chi connectivity index (χ4n) is 4.52. The average Bonchev–Trinajstić information content (AvgIpc) is 3.10. The largest absolute Gasteiger partial charge is 0.207 e. The molecular formula is C24H31F. The summed E-state index contributed by atoms with van der Waals surface area (Å²) in [5.41, 5.74) is 5.94. The van der Waals surface area contributed by atoms with E-state index in [1.165, 1.54) is 56.1 Å². The predicted molar refractivity (Wildman–Crippen MR) is 105 cm³/mol. The Morgan fingerprint density at radius 3 is 2.40 bits per heavy atom. The van der Waals surface area contributed by atoms with Gasteiger partial charge in [-0.25, -0.2) is 4.39 Å². The molecule has 1 heteroatoms. The Kier molecular flexibility index (Phi) is 6.29. The minimum atomic E-state index is -0.134. The quantitative estimate of drug-likeness (QED) is 0.493. The second kappa shape index (κ2) is 8.65. The van der Waals surface area contributed by atoms with Crippen LogP contribution >= 0.6 is 0 Å². The number of hydrogen-bond acceptors (Lipinski definition) is 0. The van der Waals surface area contributed by atoms with Gasteiger partial charge >= 0.3 is 0 Å². The van der Waals surface area contributed by atoms with Crippen LogP contribution in [0.15, 0.2) is 42.5 Å². The van der Waals surface area contributed by atoms with Crippen LogP contribution in [-0.4, -0.2) is 0 Å². The van der Waals surface area contributed by atoms with Crippen molar-refractivity contribution in [3.8, 4) is 0 Å². The summed E-state index contributed by atoms with van der Waals surface area (Å²) in [5, 5.41) is 0. The number of halogens is 1. The Morgan fingerprint density at radius 1 is 0.920 bits per heavy atom. The Bertz CT molecular complexity index is 671. The molecule has 0 bridgehead atoms. The summed E-state index contributed by atoms with van der Waals surface area (Å²) in [5.74, 6) is 1.08. The molecule has 0 heterocycles. The molecule has 1 unspecified atom stereocenters. The average molecular weight is 339 g/mol. The number of aryl methyl sites for hydroxylation is 3. The standard InChI is InChI=1S/C24H31F/c1-3-6-24(21-13-15-23(25)16-14-21)19(4-2)11-9-18-10-12-20-7-5-8-22(20)17-18/h10,12-17,19,24H,3-9,11H2,1-2H3/t19?,24-/m1/s1. The van der Waals surface area contributed by atoms with Crippen molar-refractivity contribution in [3.63, 3.8) is 0 Å². The lowest BCUT2D eigenvalue weighted by Crippen LogP contribution is -2.14. The molecule has 3 rings (SSSR count). The smallest absolute Gasteiger partial charge is 0.123 e. The van der Waals surface area contributed by atoms with E-state index in [2.05, 4.69) is 32.0 Å². The second-order valence-corrected chi connectivity index (χ2v) is 7.61. The van der Waals surface area contributed by atoms with Gasteiger partial charge < -0.3 is 0 Å². The molecule has 1 aliphatic carbocycles. The Balaban J connectivity index is 1.69. The van der Waals surface area contributed by atoms with Gasteiger partial charge in [-0.1, -0.05) is 57.0 Å². The molecule has 0 spiro atoms. The van der Waals surface area contributed by atoms with Gasteiger partial charge in [-0.2, -0.15) is 0 Å². The molecule has 0 amide bonds. The maximum atomic E-state index is 13.3. The van der Waals surface area contributed by atoms with Crippen LogP contribution in [-0.2, 0) is 19.3 Å². The molecule has 134 valence electrons. The Labute approximate surface area is 152 Å². The number of fused-ring (bicyclic) bond motifs is 1. The van der Waals surface area contributed by atoms with Gasteiger partial charge in [-0.15, -0.1) is 0 Å². The molecule has 2 atom stereocenters. The maximum Gasteiger partial charge on any atom is 0.123 e. The van der Waals surface area contributed by atoms with E-state index in [4.69, 9.17) is 0 Å². The van der Waals surface area contributed by atoms with Gasteiger partial charge in [0.25, 0.3) is 0 Å². The summed E-state index contributed by atoms with van der Waals surface area (Å²) in [6.07, 6.45) is 9.77. The van der Waals surface area contributed by atoms with Crippen LogP contribution in [0, 0.1) is 11.7 Å². The molecule has 0 saturated carbocycles. The summed E-state index contributed by atoms with van der Waals surface area (Å²) < 4.78 is 13.3. The minimum absolute atomic E-state index is 0.134. The summed E-state index contributed by atoms with van der Waals surface area (Å²) in [7, 11) is 0. The predicted octanol–water partition coefficient (Wildman–Crippen LogP) is 6.86. The van der Waals surface area contributed by atoms with Crippen LogP contribution in [0.1, 0.15) is 74.1 Å². The maximum absolute atomic E-state index is 13.3. The van der Waals surface area contributed by atoms with E-state index >= 15 is 0 Å². The summed E-state index contributed by atoms with van der Waals surface area (Å²) in [4.78, 5) is 0. The summed E-state index contributed by atoms with van der Waals surface area (Å²) in [6.45, 7) is 4.56. The second-order valence-electron chi connectivity index (χ2n) is 7.61. The topological polar surface area (TPSA) is 0 Å². The fourth-order valence-corrected chi connectivity index (χ4v) is 4.52. The highest BCUT2D eigenvalue weighted by molar-refractivity contribution is 5.35. The van der Waals surface area contributed by atoms with Crippen LogP contribution in [0.2, 0.25) is 0 Å². The lowest BCUT2D eigenvalue weighted by atomic mass is 9.78. The number of hydrogen-bond donors (Lipinski definition) is 0. The molecule has 0 fully saturated rings. The Morgan fingerprint density at radius 2 is 1.68 bits per heavy atom. The third-order valence-corrected chi connectivity index (χ3v) is 5.96. The molecule has 0 N–H and O–H groups in total. The van der Waals surface area contributed by atoms with Gasteiger partial charge in [0, 0.05) is 0 Å². The van der Waals surface area contributed by atoms with Crippen molar-refractivity contribution in [2.45, 2.75) is 71.1 Å². The van der Waals surface area contributed by atoms with Crippen LogP contribution < -0.4 is 0 Å². The molecule has 0 aliphatic heterocycles. The molecule has 0 aromatic heterocycles. The van der Waals surface area contributed by atoms with Crippen molar-refractivity contribution in [2.75, 3.05) is 0 Å². The highest BCUT2D eigenvalue weighted by Gasteiger charge is 2.21. The van der Waals surface area contributed by atoms with Crippen molar-refractivity contribution < 1.29 is 4.39 Å². The van der Waals surface area contributed by atoms with Gasteiger partial charge in [0.05, 0.1) is 0 Å². The SMILES string of the molecule is CCC[C@@H](c1ccc(F)cc1)C(CC)CCc1ccc2c(c1)CCC2. The van der Waals surface area contributed by atoms with E-state index in [0.717, 1.165) is 6.42 Å². The lowest BCUT2D eigenvalue weighted by molar-refractivity contribution is 0.363. The van der Waals surface area contributed by atoms with Crippen LogP contribution in [0.5, 0.6) is 0 Å². The molecule has 2 aromatic carbocycles. The van der Waals surface area contributed by atoms with Crippen molar-refractivity contribution in [1.82, 2.24) is 0 Å². The first-order valence-corrected chi connectivity index (χ1v) is 10.1. The van der Waals surface area contributed by atoms with E-state index in [9.17, 15) is 4.39 Å². The molecule has 1 aliphatic rings. The molecule has 0 radical (unpaired) electrons. The number of rotatable bonds is 8. The van der Waals surface area contributed by atoms with Crippen LogP contribution in [0.25, 0.3) is 0 Å². The van der Waals surface area contributed by atoms with E-state index in [0.29, 0.717) is 11.8 Å². The van der Waals surface area contributed by atoms with Crippen molar-refractivity contribution in [2.24, 2.45) is 5.92 Å². The van der Waals surface area contributed by atoms with Crippen molar-refractivity contribution in [1.29, 1.82) is 0 Å². The Hall–Kier alpha value is -1.63. The summed E-state index contributed by atoms with van der Waals surface area (Å²) >= 11 is 0. The molecule has 2 aromatic rings. The van der Waals surface area contributed by atoms with E-state index in [1.54, 1.807) is 23.3 Å². The van der Waals surface area contributed by atoms with E-state index in [-0.39, 0.29) is 5.82 Å². The zero-order valence-electron chi connectivity index (χ0n) is 15.7. The minimum Gasteiger partial charge on any atom is -0.207 e. The van der Waals surface area contributed by atoms with Gasteiger partial charge in [-0.05, 0) is 84.7 Å². The molecular weight excluding hydrogens is 307 g/mol. The van der Waals surface area contributed by atoms with Crippen molar-refractivity contribution >= 4 is 0 Å². The normalized spacial score (nSPS) is 15.8. The van der Waals surface area contributed by atoms with Gasteiger partial charge in [-0.3, -0.25) is 0 Å². The zero-order chi connectivity index (χ0) is 17.6. The number of benzene rings is 2. The highest BCUT2D eigenvalue weighted by atomic mass is 19.1. The summed E-state index contributed by atoms with van der Waals surface area (Å²) in [6, 6.07) is 14.4. The third kappa shape index (κ3) is 4.51. The van der Waals surface area contributed by atoms with Gasteiger partial charge in [0.2, 0.25) is 0 Å². The van der Waals surface area contributed by atoms with Crippen LogP contribution in [0.4, 0.5) is 4.39 Å². The first kappa shape index (κ1) is 18.2. The van der Waals surface area contributed by atoms with E-state index in [1.807, 2.05) is 12.1 Å². The van der Waals surface area contributed by atoms with E-state index < -0.39 is 0 Å². The monoisotopic (exact) mass is 338 g/mol. The fraction of sp³-hybridized carbons (Fsp3) is 0.500. The highest BCUT2D eigenvalue weighted by Crippen LogP contribution is 2.35. The first-order chi connectivity index (χ1) is 12.2. The van der Waals surface area contributed by atoms with Gasteiger partial charge in [0.1, 0.15) is 5.82 Å². The third-order valence-electron chi connectivity index (χ3n) is 5.96. The first-order valence-electron chi connectivity index (χ1n) is 10.1. The molecule has 0 nitrogen and oxygen atoms in total. The molecule has 25 heavy (non-hydrogen) atoms. The van der Waals surface area contributed by atoms with Crippen molar-refractivity contribution in [3.05, 3.63) is 70.5 Å². The van der Waals surface area contributed by atoms with Gasteiger partial charge in [0.15, 0.2) is 0 Å². The lowest BCUT2D eigenvalue weighted by Gasteiger charge is -2.27. The molecule has 0 saturated heterocycles. The van der Waals surface area contributed by atoms with Crippen LogP contribution in [0.3, 0.4) is 0 Å². The zero-order valence-corrected chi connectivity index (χ0v) is 15.7.